The van der Waals surface area contributed by atoms with E-state index in [1.807, 2.05) is 0 Å². The van der Waals surface area contributed by atoms with Crippen LogP contribution in [0.4, 0.5) is 0 Å². The lowest BCUT2D eigenvalue weighted by molar-refractivity contribution is 1.73. The maximum Gasteiger partial charge on any atom is 0.0181 e. The summed E-state index contributed by atoms with van der Waals surface area (Å²) in [5.74, 6) is 0. The van der Waals surface area contributed by atoms with Crippen molar-refractivity contribution in [2.45, 2.75) is 0 Å². The second-order valence-corrected chi connectivity index (χ2v) is 8.06. The molecule has 0 aromatic heterocycles. The predicted molar refractivity (Wildman–Crippen MR) is 122 cm³/mol. The van der Waals surface area contributed by atoms with Crippen LogP contribution in [0, 0.1) is 0 Å². The minimum Gasteiger partial charge on any atom is -0.0616 e. The normalized spacial score (nSPS) is 11.9. The molecule has 0 aliphatic heterocycles. The molecule has 0 bridgehead atoms. The van der Waals surface area contributed by atoms with E-state index >= 15 is 0 Å². The number of halogens is 1. The van der Waals surface area contributed by atoms with Gasteiger partial charge in [0.2, 0.25) is 0 Å². The SMILES string of the molecule is Brc1ccc2ccc3ccc4ccc5ccc6ccccc6c5c4c3c2c1. The lowest BCUT2D eigenvalue weighted by Gasteiger charge is -2.13. The van der Waals surface area contributed by atoms with E-state index in [4.69, 9.17) is 0 Å². The van der Waals surface area contributed by atoms with Gasteiger partial charge in [-0.05, 0) is 66.0 Å². The molecular weight excluding hydrogens is 392 g/mol. The van der Waals surface area contributed by atoms with Crippen LogP contribution in [0.2, 0.25) is 0 Å². The third-order valence-electron chi connectivity index (χ3n) is 5.65. The Morgan fingerprint density at radius 3 is 1.59 bits per heavy atom. The first kappa shape index (κ1) is 15.2. The molecule has 0 unspecified atom stereocenters. The summed E-state index contributed by atoms with van der Waals surface area (Å²) in [5, 5.41) is 13.1. The first-order chi connectivity index (χ1) is 13.3. The van der Waals surface area contributed by atoms with Gasteiger partial charge >= 0.3 is 0 Å². The molecule has 6 aromatic rings. The molecule has 126 valence electrons. The van der Waals surface area contributed by atoms with Gasteiger partial charge in [0.25, 0.3) is 0 Å². The Balaban J connectivity index is 2.02. The molecule has 0 fully saturated rings. The minimum absolute atomic E-state index is 1.12. The van der Waals surface area contributed by atoms with Gasteiger partial charge in [0, 0.05) is 4.47 Å². The summed E-state index contributed by atoms with van der Waals surface area (Å²) in [6, 6.07) is 33.2. The molecule has 27 heavy (non-hydrogen) atoms. The Bertz CT molecular complexity index is 1510. The molecule has 1 heteroatoms. The second kappa shape index (κ2) is 5.55. The Morgan fingerprint density at radius 2 is 0.889 bits per heavy atom. The van der Waals surface area contributed by atoms with Crippen LogP contribution in [0.3, 0.4) is 0 Å². The van der Waals surface area contributed by atoms with Crippen molar-refractivity contribution < 1.29 is 0 Å². The quantitative estimate of drug-likeness (QED) is 0.223. The lowest BCUT2D eigenvalue weighted by Crippen LogP contribution is -1.85. The molecule has 0 nitrogen and oxygen atoms in total. The van der Waals surface area contributed by atoms with Crippen LogP contribution < -0.4 is 0 Å². The van der Waals surface area contributed by atoms with Gasteiger partial charge in [-0.3, -0.25) is 0 Å². The van der Waals surface area contributed by atoms with E-state index in [0.717, 1.165) is 4.47 Å². The summed E-state index contributed by atoms with van der Waals surface area (Å²) >= 11 is 3.67. The van der Waals surface area contributed by atoms with E-state index < -0.39 is 0 Å². The van der Waals surface area contributed by atoms with Crippen LogP contribution in [0.5, 0.6) is 0 Å². The summed E-state index contributed by atoms with van der Waals surface area (Å²) in [7, 11) is 0. The number of benzene rings is 6. The molecule has 0 atom stereocenters. The summed E-state index contributed by atoms with van der Waals surface area (Å²) in [4.78, 5) is 0. The third-order valence-corrected chi connectivity index (χ3v) is 6.14. The van der Waals surface area contributed by atoms with E-state index in [9.17, 15) is 0 Å². The second-order valence-electron chi connectivity index (χ2n) is 7.14. The zero-order chi connectivity index (χ0) is 18.0. The van der Waals surface area contributed by atoms with Crippen LogP contribution >= 0.6 is 15.9 Å². The van der Waals surface area contributed by atoms with Crippen LogP contribution in [-0.4, -0.2) is 0 Å². The van der Waals surface area contributed by atoms with Gasteiger partial charge in [0.05, 0.1) is 0 Å². The summed E-state index contributed by atoms with van der Waals surface area (Å²) < 4.78 is 1.12. The highest BCUT2D eigenvalue weighted by molar-refractivity contribution is 9.10. The predicted octanol–water partition coefficient (Wildman–Crippen LogP) is 8.22. The molecule has 0 radical (unpaired) electrons. The molecule has 0 N–H and O–H groups in total. The van der Waals surface area contributed by atoms with Gasteiger partial charge in [-0.25, -0.2) is 0 Å². The lowest BCUT2D eigenvalue weighted by atomic mass is 9.91. The number of rotatable bonds is 0. The molecule has 0 spiro atoms. The van der Waals surface area contributed by atoms with Crippen molar-refractivity contribution >= 4 is 69.8 Å². The fraction of sp³-hybridized carbons (Fsp3) is 0. The molecule has 0 heterocycles. The monoisotopic (exact) mass is 406 g/mol. The van der Waals surface area contributed by atoms with Gasteiger partial charge in [-0.2, -0.15) is 0 Å². The fourth-order valence-electron chi connectivity index (χ4n) is 4.43. The molecule has 0 saturated carbocycles. The van der Waals surface area contributed by atoms with Crippen molar-refractivity contribution in [1.82, 2.24) is 0 Å². The van der Waals surface area contributed by atoms with Crippen molar-refractivity contribution in [3.63, 3.8) is 0 Å². The van der Waals surface area contributed by atoms with E-state index in [0.29, 0.717) is 0 Å². The van der Waals surface area contributed by atoms with Crippen molar-refractivity contribution in [2.24, 2.45) is 0 Å². The molecule has 6 aromatic carbocycles. The van der Waals surface area contributed by atoms with Crippen molar-refractivity contribution in [3.05, 3.63) is 95.5 Å². The Hall–Kier alpha value is -2.90. The zero-order valence-corrected chi connectivity index (χ0v) is 16.1. The van der Waals surface area contributed by atoms with Gasteiger partial charge in [-0.15, -0.1) is 0 Å². The van der Waals surface area contributed by atoms with Crippen LogP contribution in [0.15, 0.2) is 95.5 Å². The standard InChI is InChI=1S/C26H15Br/c27-21-14-13-17-6-8-19-10-12-20-11-9-18-7-5-16-3-1-2-4-22(16)24(18)26(20)25(19)23(17)15-21/h1-15H. The molecule has 0 amide bonds. The van der Waals surface area contributed by atoms with Crippen molar-refractivity contribution in [2.75, 3.05) is 0 Å². The Kier molecular flexibility index (Phi) is 3.12. The van der Waals surface area contributed by atoms with Gasteiger partial charge in [0.15, 0.2) is 0 Å². The average Bonchev–Trinajstić information content (AvgIpc) is 2.72. The Morgan fingerprint density at radius 1 is 0.407 bits per heavy atom. The van der Waals surface area contributed by atoms with E-state index in [2.05, 4.69) is 107 Å². The molecule has 0 saturated heterocycles. The van der Waals surface area contributed by atoms with Crippen molar-refractivity contribution in [1.29, 1.82) is 0 Å². The first-order valence-corrected chi connectivity index (χ1v) is 9.94. The maximum atomic E-state index is 3.67. The number of hydrogen-bond acceptors (Lipinski definition) is 0. The highest BCUT2D eigenvalue weighted by atomic mass is 79.9. The minimum atomic E-state index is 1.12. The molecule has 0 aliphatic rings. The Labute approximate surface area is 165 Å². The average molecular weight is 407 g/mol. The topological polar surface area (TPSA) is 0 Å². The summed E-state index contributed by atoms with van der Waals surface area (Å²) in [5.41, 5.74) is 0. The smallest absolute Gasteiger partial charge is 0.0181 e. The summed E-state index contributed by atoms with van der Waals surface area (Å²) in [6.45, 7) is 0. The van der Waals surface area contributed by atoms with E-state index in [1.54, 1.807) is 0 Å². The van der Waals surface area contributed by atoms with Gasteiger partial charge in [-0.1, -0.05) is 94.8 Å². The molecular formula is C26H15Br. The van der Waals surface area contributed by atoms with E-state index in [-0.39, 0.29) is 0 Å². The summed E-state index contributed by atoms with van der Waals surface area (Å²) in [6.07, 6.45) is 0. The molecule has 0 aliphatic carbocycles. The van der Waals surface area contributed by atoms with E-state index in [1.165, 1.54) is 53.9 Å². The third kappa shape index (κ3) is 2.15. The van der Waals surface area contributed by atoms with Crippen molar-refractivity contribution in [3.8, 4) is 0 Å². The largest absolute Gasteiger partial charge is 0.0616 e. The van der Waals surface area contributed by atoms with Gasteiger partial charge in [0.1, 0.15) is 0 Å². The first-order valence-electron chi connectivity index (χ1n) is 9.15. The highest BCUT2D eigenvalue weighted by Crippen LogP contribution is 2.39. The van der Waals surface area contributed by atoms with Crippen LogP contribution in [0.25, 0.3) is 53.9 Å². The number of hydrogen-bond donors (Lipinski definition) is 0. The fourth-order valence-corrected chi connectivity index (χ4v) is 4.79. The van der Waals surface area contributed by atoms with Crippen LogP contribution in [-0.2, 0) is 0 Å². The highest BCUT2D eigenvalue weighted by Gasteiger charge is 2.11. The van der Waals surface area contributed by atoms with Crippen LogP contribution in [0.1, 0.15) is 0 Å². The zero-order valence-electron chi connectivity index (χ0n) is 14.5. The molecule has 6 rings (SSSR count). The van der Waals surface area contributed by atoms with Gasteiger partial charge < -0.3 is 0 Å². The maximum absolute atomic E-state index is 3.67. The number of fused-ring (bicyclic) bond motifs is 9.